The lowest BCUT2D eigenvalue weighted by Crippen LogP contribution is -2.08. The standard InChI is InChI=1S/C15H18FN3/c1-11-10-12(6-7-14(11)16)18-15-17-8-9-19(15)13-4-2-3-5-13/h6-10,13H,2-5H2,1H3,(H,17,18). The summed E-state index contributed by atoms with van der Waals surface area (Å²) in [5.41, 5.74) is 1.52. The van der Waals surface area contributed by atoms with Gasteiger partial charge in [-0.2, -0.15) is 0 Å². The monoisotopic (exact) mass is 259 g/mol. The number of aromatic nitrogens is 2. The first kappa shape index (κ1) is 12.2. The van der Waals surface area contributed by atoms with Crippen LogP contribution in [0.3, 0.4) is 0 Å². The fourth-order valence-electron chi connectivity index (χ4n) is 2.74. The van der Waals surface area contributed by atoms with Gasteiger partial charge < -0.3 is 9.88 Å². The summed E-state index contributed by atoms with van der Waals surface area (Å²) in [6, 6.07) is 5.59. The second-order valence-electron chi connectivity index (χ2n) is 5.19. The van der Waals surface area contributed by atoms with E-state index in [4.69, 9.17) is 0 Å². The van der Waals surface area contributed by atoms with Gasteiger partial charge in [-0.15, -0.1) is 0 Å². The summed E-state index contributed by atoms with van der Waals surface area (Å²) in [6.07, 6.45) is 8.85. The molecule has 0 bridgehead atoms. The van der Waals surface area contributed by atoms with Gasteiger partial charge in [-0.3, -0.25) is 0 Å². The molecule has 1 aromatic carbocycles. The van der Waals surface area contributed by atoms with E-state index in [1.54, 1.807) is 13.0 Å². The molecular weight excluding hydrogens is 241 g/mol. The Morgan fingerprint density at radius 3 is 2.84 bits per heavy atom. The molecular formula is C15H18FN3. The van der Waals surface area contributed by atoms with Gasteiger partial charge in [0.2, 0.25) is 5.95 Å². The predicted molar refractivity (Wildman–Crippen MR) is 74.2 cm³/mol. The Bertz CT molecular complexity index is 571. The summed E-state index contributed by atoms with van der Waals surface area (Å²) in [5.74, 6) is 0.669. The number of benzene rings is 1. The minimum Gasteiger partial charge on any atom is -0.326 e. The van der Waals surface area contributed by atoms with Gasteiger partial charge in [-0.1, -0.05) is 12.8 Å². The Hall–Kier alpha value is -1.84. The van der Waals surface area contributed by atoms with E-state index in [1.165, 1.54) is 31.7 Å². The first-order valence-corrected chi connectivity index (χ1v) is 6.80. The van der Waals surface area contributed by atoms with Crippen molar-refractivity contribution in [3.8, 4) is 0 Å². The largest absolute Gasteiger partial charge is 0.326 e. The summed E-state index contributed by atoms with van der Waals surface area (Å²) >= 11 is 0. The summed E-state index contributed by atoms with van der Waals surface area (Å²) in [5, 5.41) is 3.28. The number of nitrogens with zero attached hydrogens (tertiary/aromatic N) is 2. The molecule has 1 aliphatic carbocycles. The quantitative estimate of drug-likeness (QED) is 0.895. The molecule has 1 heterocycles. The Balaban J connectivity index is 1.83. The average Bonchev–Trinajstić information content (AvgIpc) is 3.04. The molecule has 1 fully saturated rings. The molecule has 0 atom stereocenters. The molecule has 3 rings (SSSR count). The van der Waals surface area contributed by atoms with E-state index in [1.807, 2.05) is 18.5 Å². The van der Waals surface area contributed by atoms with Crippen LogP contribution in [0.15, 0.2) is 30.6 Å². The molecule has 0 aliphatic heterocycles. The normalized spacial score (nSPS) is 15.9. The Labute approximate surface area is 112 Å². The van der Waals surface area contributed by atoms with Gasteiger partial charge in [0, 0.05) is 24.1 Å². The number of hydrogen-bond donors (Lipinski definition) is 1. The van der Waals surface area contributed by atoms with E-state index in [0.717, 1.165) is 11.6 Å². The van der Waals surface area contributed by atoms with E-state index in [-0.39, 0.29) is 5.82 Å². The molecule has 4 heteroatoms. The Morgan fingerprint density at radius 1 is 1.32 bits per heavy atom. The highest BCUT2D eigenvalue weighted by Crippen LogP contribution is 2.32. The molecule has 19 heavy (non-hydrogen) atoms. The number of aryl methyl sites for hydroxylation is 1. The third-order valence-electron chi connectivity index (χ3n) is 3.80. The van der Waals surface area contributed by atoms with Gasteiger partial charge in [0.05, 0.1) is 0 Å². The summed E-state index contributed by atoms with van der Waals surface area (Å²) in [7, 11) is 0. The SMILES string of the molecule is Cc1cc(Nc2nccn2C2CCCC2)ccc1F. The van der Waals surface area contributed by atoms with Gasteiger partial charge in [0.15, 0.2) is 0 Å². The third-order valence-corrected chi connectivity index (χ3v) is 3.80. The summed E-state index contributed by atoms with van der Waals surface area (Å²) in [4.78, 5) is 4.37. The van der Waals surface area contributed by atoms with Crippen LogP contribution in [0.4, 0.5) is 16.0 Å². The maximum absolute atomic E-state index is 13.3. The molecule has 0 radical (unpaired) electrons. The summed E-state index contributed by atoms with van der Waals surface area (Å²) < 4.78 is 15.5. The third kappa shape index (κ3) is 2.48. The van der Waals surface area contributed by atoms with E-state index < -0.39 is 0 Å². The van der Waals surface area contributed by atoms with Crippen molar-refractivity contribution in [3.63, 3.8) is 0 Å². The second kappa shape index (κ2) is 5.03. The maximum Gasteiger partial charge on any atom is 0.207 e. The minimum atomic E-state index is -0.176. The second-order valence-corrected chi connectivity index (χ2v) is 5.19. The zero-order valence-electron chi connectivity index (χ0n) is 11.1. The molecule has 0 saturated heterocycles. The van der Waals surface area contributed by atoms with Crippen LogP contribution in [0.25, 0.3) is 0 Å². The van der Waals surface area contributed by atoms with Crippen molar-refractivity contribution in [2.75, 3.05) is 5.32 Å². The number of imidazole rings is 1. The van der Waals surface area contributed by atoms with Crippen molar-refractivity contribution in [3.05, 3.63) is 42.0 Å². The fourth-order valence-corrected chi connectivity index (χ4v) is 2.74. The van der Waals surface area contributed by atoms with Crippen LogP contribution in [-0.2, 0) is 0 Å². The van der Waals surface area contributed by atoms with Crippen molar-refractivity contribution in [1.29, 1.82) is 0 Å². The van der Waals surface area contributed by atoms with Gasteiger partial charge in [0.25, 0.3) is 0 Å². The van der Waals surface area contributed by atoms with E-state index in [0.29, 0.717) is 11.6 Å². The molecule has 100 valence electrons. The molecule has 1 N–H and O–H groups in total. The number of rotatable bonds is 3. The molecule has 1 saturated carbocycles. The topological polar surface area (TPSA) is 29.9 Å². The van der Waals surface area contributed by atoms with Crippen LogP contribution in [0.2, 0.25) is 0 Å². The van der Waals surface area contributed by atoms with Crippen LogP contribution in [0.1, 0.15) is 37.3 Å². The highest BCUT2D eigenvalue weighted by atomic mass is 19.1. The van der Waals surface area contributed by atoms with Crippen LogP contribution in [0, 0.1) is 12.7 Å². The number of hydrogen-bond acceptors (Lipinski definition) is 2. The molecule has 0 amide bonds. The van der Waals surface area contributed by atoms with Gasteiger partial charge in [0.1, 0.15) is 5.82 Å². The smallest absolute Gasteiger partial charge is 0.207 e. The van der Waals surface area contributed by atoms with Crippen molar-refractivity contribution in [2.45, 2.75) is 38.6 Å². The zero-order chi connectivity index (χ0) is 13.2. The number of anilines is 2. The van der Waals surface area contributed by atoms with E-state index in [2.05, 4.69) is 14.9 Å². The van der Waals surface area contributed by atoms with Gasteiger partial charge in [-0.05, 0) is 43.5 Å². The highest BCUT2D eigenvalue weighted by Gasteiger charge is 2.19. The molecule has 1 aromatic heterocycles. The minimum absolute atomic E-state index is 0.176. The maximum atomic E-state index is 13.3. The lowest BCUT2D eigenvalue weighted by molar-refractivity contribution is 0.525. The van der Waals surface area contributed by atoms with E-state index >= 15 is 0 Å². The first-order valence-electron chi connectivity index (χ1n) is 6.80. The Morgan fingerprint density at radius 2 is 2.11 bits per heavy atom. The molecule has 0 unspecified atom stereocenters. The van der Waals surface area contributed by atoms with E-state index in [9.17, 15) is 4.39 Å². The van der Waals surface area contributed by atoms with Gasteiger partial charge in [-0.25, -0.2) is 9.37 Å². The van der Waals surface area contributed by atoms with Crippen molar-refractivity contribution < 1.29 is 4.39 Å². The van der Waals surface area contributed by atoms with Crippen molar-refractivity contribution >= 4 is 11.6 Å². The lowest BCUT2D eigenvalue weighted by atomic mass is 10.2. The lowest BCUT2D eigenvalue weighted by Gasteiger charge is -2.16. The van der Waals surface area contributed by atoms with Crippen LogP contribution in [0.5, 0.6) is 0 Å². The van der Waals surface area contributed by atoms with Gasteiger partial charge >= 0.3 is 0 Å². The first-order chi connectivity index (χ1) is 9.24. The zero-order valence-corrected chi connectivity index (χ0v) is 11.1. The van der Waals surface area contributed by atoms with Crippen LogP contribution in [-0.4, -0.2) is 9.55 Å². The van der Waals surface area contributed by atoms with Crippen molar-refractivity contribution in [1.82, 2.24) is 9.55 Å². The Kier molecular flexibility index (Phi) is 3.23. The highest BCUT2D eigenvalue weighted by molar-refractivity contribution is 5.55. The van der Waals surface area contributed by atoms with Crippen molar-refractivity contribution in [2.24, 2.45) is 0 Å². The number of halogens is 1. The molecule has 3 nitrogen and oxygen atoms in total. The molecule has 1 aliphatic rings. The van der Waals surface area contributed by atoms with Crippen LogP contribution >= 0.6 is 0 Å². The molecule has 2 aromatic rings. The predicted octanol–water partition coefficient (Wildman–Crippen LogP) is 4.19. The van der Waals surface area contributed by atoms with Crippen LogP contribution < -0.4 is 5.32 Å². The number of nitrogens with one attached hydrogen (secondary N) is 1. The fraction of sp³-hybridized carbons (Fsp3) is 0.400. The summed E-state index contributed by atoms with van der Waals surface area (Å²) in [6.45, 7) is 1.77. The molecule has 0 spiro atoms. The average molecular weight is 259 g/mol.